The number of benzene rings is 1. The van der Waals surface area contributed by atoms with Gasteiger partial charge in [-0.3, -0.25) is 14.4 Å². The molecule has 8 heteroatoms. The number of nitrogens with zero attached hydrogens (tertiary/aromatic N) is 4. The first-order valence-electron chi connectivity index (χ1n) is 9.96. The Balaban J connectivity index is 1.91. The van der Waals surface area contributed by atoms with Crippen LogP contribution in [0, 0.1) is 32.6 Å². The molecule has 0 saturated heterocycles. The molecule has 3 aromatic rings. The number of carboxylic acid groups (broad SMARTS) is 1. The van der Waals surface area contributed by atoms with Gasteiger partial charge in [0, 0.05) is 21.6 Å². The zero-order valence-corrected chi connectivity index (χ0v) is 18.6. The number of rotatable bonds is 3. The number of aliphatic imine (C=N–C) groups is 1. The molecule has 0 saturated carbocycles. The van der Waals surface area contributed by atoms with E-state index in [4.69, 9.17) is 10.7 Å². The molecule has 2 atom stereocenters. The summed E-state index contributed by atoms with van der Waals surface area (Å²) in [6, 6.07) is 6.98. The Labute approximate surface area is 184 Å². The number of aromatic nitrogens is 3. The minimum Gasteiger partial charge on any atom is -0.481 e. The molecule has 0 fully saturated rings. The fraction of sp³-hybridized carbons (Fsp3) is 0.304. The lowest BCUT2D eigenvalue weighted by Gasteiger charge is -2.11. The van der Waals surface area contributed by atoms with Crippen LogP contribution in [-0.4, -0.2) is 37.6 Å². The Kier molecular flexibility index (Phi) is 5.48. The highest BCUT2D eigenvalue weighted by molar-refractivity contribution is 7.15. The van der Waals surface area contributed by atoms with Gasteiger partial charge in [-0.2, -0.15) is 0 Å². The third kappa shape index (κ3) is 3.90. The van der Waals surface area contributed by atoms with Crippen molar-refractivity contribution < 1.29 is 9.90 Å². The van der Waals surface area contributed by atoms with Crippen molar-refractivity contribution in [2.75, 3.05) is 0 Å². The van der Waals surface area contributed by atoms with E-state index >= 15 is 0 Å². The van der Waals surface area contributed by atoms with E-state index < -0.39 is 12.0 Å². The quantitative estimate of drug-likeness (QED) is 0.616. The minimum absolute atomic E-state index is 0.160. The van der Waals surface area contributed by atoms with Gasteiger partial charge in [-0.05, 0) is 45.4 Å². The summed E-state index contributed by atoms with van der Waals surface area (Å²) < 4.78 is 1.95. The van der Waals surface area contributed by atoms with Gasteiger partial charge in [-0.15, -0.1) is 21.5 Å². The van der Waals surface area contributed by atoms with Gasteiger partial charge in [-0.1, -0.05) is 24.0 Å². The van der Waals surface area contributed by atoms with E-state index in [1.54, 1.807) is 11.3 Å². The van der Waals surface area contributed by atoms with Crippen molar-refractivity contribution in [3.8, 4) is 16.8 Å². The fourth-order valence-electron chi connectivity index (χ4n) is 3.60. The molecule has 158 valence electrons. The molecule has 0 aliphatic carbocycles. The van der Waals surface area contributed by atoms with E-state index in [2.05, 4.69) is 35.9 Å². The first-order chi connectivity index (χ1) is 14.8. The lowest BCUT2D eigenvalue weighted by molar-refractivity contribution is -0.137. The number of aliphatic carboxylic acids is 1. The van der Waals surface area contributed by atoms with E-state index in [1.165, 1.54) is 4.88 Å². The molecule has 1 aromatic carbocycles. The number of hydrogen-bond acceptors (Lipinski definition) is 6. The summed E-state index contributed by atoms with van der Waals surface area (Å²) in [4.78, 5) is 17.7. The second kappa shape index (κ2) is 8.10. The standard InChI is InChI=1S/C23H23N5O2S/c1-12(24)5-6-16-7-9-17(10-8-16)21-20-13(2)14(3)31-23(20)28-15(4)26-27-22(28)18(25-21)11-19(29)30/h7-10,12,18H,11,24H2,1-4H3,(H,29,30)/t12?,18-/m0/s1. The van der Waals surface area contributed by atoms with Crippen LogP contribution in [0.1, 0.15) is 58.2 Å². The van der Waals surface area contributed by atoms with Gasteiger partial charge < -0.3 is 10.8 Å². The Bertz CT molecular complexity index is 1260. The summed E-state index contributed by atoms with van der Waals surface area (Å²) in [5.41, 5.74) is 10.4. The zero-order chi connectivity index (χ0) is 22.3. The van der Waals surface area contributed by atoms with Gasteiger partial charge in [0.05, 0.1) is 18.2 Å². The number of aryl methyl sites for hydroxylation is 2. The SMILES string of the molecule is Cc1sc2c(c1C)C(c1ccc(C#CC(C)N)cc1)=N[C@@H](CC(=O)O)c1nnc(C)n1-2. The molecule has 3 heterocycles. The second-order valence-corrected chi connectivity index (χ2v) is 8.83. The fourth-order valence-corrected chi connectivity index (χ4v) is 4.81. The maximum Gasteiger partial charge on any atom is 0.306 e. The molecular formula is C23H23N5O2S. The van der Waals surface area contributed by atoms with Gasteiger partial charge in [0.15, 0.2) is 5.82 Å². The van der Waals surface area contributed by atoms with Crippen molar-refractivity contribution in [1.82, 2.24) is 14.8 Å². The average Bonchev–Trinajstić information content (AvgIpc) is 3.19. The van der Waals surface area contributed by atoms with Gasteiger partial charge >= 0.3 is 5.97 Å². The van der Waals surface area contributed by atoms with Crippen molar-refractivity contribution in [2.45, 2.75) is 46.2 Å². The average molecular weight is 434 g/mol. The molecule has 1 unspecified atom stereocenters. The molecule has 1 aliphatic heterocycles. The molecule has 1 aliphatic rings. The summed E-state index contributed by atoms with van der Waals surface area (Å²) in [6.45, 7) is 7.86. The molecule has 0 amide bonds. The van der Waals surface area contributed by atoms with E-state index in [-0.39, 0.29) is 12.5 Å². The van der Waals surface area contributed by atoms with E-state index in [0.29, 0.717) is 11.6 Å². The third-order valence-corrected chi connectivity index (χ3v) is 6.40. The van der Waals surface area contributed by atoms with Crippen LogP contribution in [0.2, 0.25) is 0 Å². The van der Waals surface area contributed by atoms with Crippen molar-refractivity contribution in [3.63, 3.8) is 0 Å². The number of nitrogens with two attached hydrogens (primary N) is 1. The second-order valence-electron chi connectivity index (χ2n) is 7.63. The van der Waals surface area contributed by atoms with Crippen molar-refractivity contribution >= 4 is 23.0 Å². The lowest BCUT2D eigenvalue weighted by atomic mass is 9.98. The Morgan fingerprint density at radius 3 is 2.61 bits per heavy atom. The number of hydrogen-bond donors (Lipinski definition) is 2. The molecule has 31 heavy (non-hydrogen) atoms. The molecule has 3 N–H and O–H groups in total. The van der Waals surface area contributed by atoms with Crippen LogP contribution in [0.4, 0.5) is 0 Å². The van der Waals surface area contributed by atoms with E-state index in [1.807, 2.05) is 42.7 Å². The molecule has 2 aromatic heterocycles. The smallest absolute Gasteiger partial charge is 0.306 e. The van der Waals surface area contributed by atoms with Crippen LogP contribution in [0.15, 0.2) is 29.3 Å². The highest BCUT2D eigenvalue weighted by Gasteiger charge is 2.32. The van der Waals surface area contributed by atoms with Gasteiger partial charge in [0.1, 0.15) is 16.9 Å². The summed E-state index contributed by atoms with van der Waals surface area (Å²) in [5.74, 6) is 6.35. The topological polar surface area (TPSA) is 106 Å². The first kappa shape index (κ1) is 21.0. The largest absolute Gasteiger partial charge is 0.481 e. The normalized spacial score (nSPS) is 15.8. The van der Waals surface area contributed by atoms with Crippen LogP contribution >= 0.6 is 11.3 Å². The molecule has 7 nitrogen and oxygen atoms in total. The number of carbonyl (C=O) groups is 1. The maximum atomic E-state index is 11.6. The van der Waals surface area contributed by atoms with Crippen LogP contribution in [0.3, 0.4) is 0 Å². The Morgan fingerprint density at radius 2 is 1.97 bits per heavy atom. The molecule has 0 spiro atoms. The molecule has 4 rings (SSSR count). The maximum absolute atomic E-state index is 11.6. The minimum atomic E-state index is -0.931. The van der Waals surface area contributed by atoms with Crippen LogP contribution in [-0.2, 0) is 4.79 Å². The van der Waals surface area contributed by atoms with E-state index in [0.717, 1.165) is 33.0 Å². The number of carboxylic acids is 1. The summed E-state index contributed by atoms with van der Waals surface area (Å²) >= 11 is 1.64. The molecule has 0 radical (unpaired) electrons. The van der Waals surface area contributed by atoms with E-state index in [9.17, 15) is 9.90 Å². The predicted molar refractivity (Wildman–Crippen MR) is 121 cm³/mol. The van der Waals surface area contributed by atoms with Gasteiger partial charge in [0.2, 0.25) is 0 Å². The zero-order valence-electron chi connectivity index (χ0n) is 17.8. The van der Waals surface area contributed by atoms with Crippen LogP contribution < -0.4 is 5.73 Å². The molecule has 0 bridgehead atoms. The first-order valence-corrected chi connectivity index (χ1v) is 10.8. The predicted octanol–water partition coefficient (Wildman–Crippen LogP) is 3.32. The van der Waals surface area contributed by atoms with Crippen LogP contribution in [0.5, 0.6) is 0 Å². The van der Waals surface area contributed by atoms with Gasteiger partial charge in [0.25, 0.3) is 0 Å². The lowest BCUT2D eigenvalue weighted by Crippen LogP contribution is -2.11. The number of fused-ring (bicyclic) bond motifs is 3. The van der Waals surface area contributed by atoms with Crippen LogP contribution in [0.25, 0.3) is 5.00 Å². The van der Waals surface area contributed by atoms with Crippen molar-refractivity contribution in [1.29, 1.82) is 0 Å². The highest BCUT2D eigenvalue weighted by Crippen LogP contribution is 2.39. The monoisotopic (exact) mass is 433 g/mol. The van der Waals surface area contributed by atoms with Crippen molar-refractivity contribution in [3.05, 3.63) is 63.0 Å². The van der Waals surface area contributed by atoms with Gasteiger partial charge in [-0.25, -0.2) is 0 Å². The highest BCUT2D eigenvalue weighted by atomic mass is 32.1. The summed E-state index contributed by atoms with van der Waals surface area (Å²) in [7, 11) is 0. The molecular weight excluding hydrogens is 410 g/mol. The third-order valence-electron chi connectivity index (χ3n) is 5.21. The Morgan fingerprint density at radius 1 is 1.26 bits per heavy atom. The summed E-state index contributed by atoms with van der Waals surface area (Å²) in [6.07, 6.45) is -0.160. The summed E-state index contributed by atoms with van der Waals surface area (Å²) in [5, 5.41) is 19.0. The number of thiophene rings is 1. The van der Waals surface area contributed by atoms with Crippen molar-refractivity contribution in [2.24, 2.45) is 10.7 Å². The Hall–Kier alpha value is -3.28.